The molecule has 2 N–H and O–H groups in total. The van der Waals surface area contributed by atoms with Crippen molar-refractivity contribution in [3.63, 3.8) is 0 Å². The van der Waals surface area contributed by atoms with Gasteiger partial charge in [-0.15, -0.1) is 0 Å². The number of nitrogens with zero attached hydrogens (tertiary/aromatic N) is 1. The molecular formula is C10H10BrClN2. The molecule has 0 saturated heterocycles. The normalized spacial score (nSPS) is 11.1. The fraction of sp³-hybridized carbons (Fsp3) is 0.200. The number of fused-ring (bicyclic) bond motifs is 1. The Labute approximate surface area is 95.8 Å². The molecule has 4 heteroatoms. The van der Waals surface area contributed by atoms with Crippen molar-refractivity contribution in [1.82, 2.24) is 4.57 Å². The standard InChI is InChI=1S/C10H10BrClN2/c11-7-2-1-3-9-10(7)8(12)6-14(9)5-4-13/h1-3,6H,4-5,13H2. The topological polar surface area (TPSA) is 30.9 Å². The minimum absolute atomic E-state index is 0.618. The molecule has 0 spiro atoms. The maximum atomic E-state index is 6.13. The first-order valence-electron chi connectivity index (χ1n) is 4.37. The molecule has 0 aliphatic carbocycles. The minimum Gasteiger partial charge on any atom is -0.345 e. The molecule has 0 fully saturated rings. The van der Waals surface area contributed by atoms with Crippen molar-refractivity contribution >= 4 is 38.4 Å². The van der Waals surface area contributed by atoms with E-state index in [1.165, 1.54) is 0 Å². The Morgan fingerprint density at radius 2 is 2.21 bits per heavy atom. The van der Waals surface area contributed by atoms with Crippen molar-refractivity contribution in [2.45, 2.75) is 6.54 Å². The van der Waals surface area contributed by atoms with Crippen molar-refractivity contribution in [2.24, 2.45) is 5.73 Å². The molecule has 0 unspecified atom stereocenters. The number of rotatable bonds is 2. The molecule has 0 amide bonds. The van der Waals surface area contributed by atoms with Crippen molar-refractivity contribution in [2.75, 3.05) is 6.54 Å². The van der Waals surface area contributed by atoms with Crippen LogP contribution in [0.5, 0.6) is 0 Å². The Kier molecular flexibility index (Phi) is 2.81. The predicted molar refractivity (Wildman–Crippen MR) is 63.7 cm³/mol. The highest BCUT2D eigenvalue weighted by Crippen LogP contribution is 2.31. The fourth-order valence-electron chi connectivity index (χ4n) is 1.58. The van der Waals surface area contributed by atoms with Gasteiger partial charge in [-0.2, -0.15) is 0 Å². The SMILES string of the molecule is NCCn1cc(Cl)c2c(Br)cccc21. The summed E-state index contributed by atoms with van der Waals surface area (Å²) in [5, 5.41) is 1.82. The quantitative estimate of drug-likeness (QED) is 0.896. The summed E-state index contributed by atoms with van der Waals surface area (Å²) in [4.78, 5) is 0. The summed E-state index contributed by atoms with van der Waals surface area (Å²) in [5.41, 5.74) is 6.64. The summed E-state index contributed by atoms with van der Waals surface area (Å²) < 4.78 is 3.10. The van der Waals surface area contributed by atoms with Crippen molar-refractivity contribution in [1.29, 1.82) is 0 Å². The van der Waals surface area contributed by atoms with Gasteiger partial charge in [0.1, 0.15) is 0 Å². The zero-order valence-electron chi connectivity index (χ0n) is 7.50. The lowest BCUT2D eigenvalue weighted by atomic mass is 10.2. The minimum atomic E-state index is 0.618. The Morgan fingerprint density at radius 3 is 2.93 bits per heavy atom. The number of benzene rings is 1. The summed E-state index contributed by atoms with van der Waals surface area (Å²) in [5.74, 6) is 0. The van der Waals surface area contributed by atoms with Gasteiger partial charge in [0, 0.05) is 29.1 Å². The molecule has 0 bridgehead atoms. The van der Waals surface area contributed by atoms with Gasteiger partial charge in [0.15, 0.2) is 0 Å². The molecule has 0 aliphatic rings. The highest BCUT2D eigenvalue weighted by molar-refractivity contribution is 9.10. The Morgan fingerprint density at radius 1 is 1.43 bits per heavy atom. The zero-order chi connectivity index (χ0) is 10.1. The zero-order valence-corrected chi connectivity index (χ0v) is 9.85. The summed E-state index contributed by atoms with van der Waals surface area (Å²) in [6, 6.07) is 6.03. The van der Waals surface area contributed by atoms with Gasteiger partial charge in [0.05, 0.1) is 10.5 Å². The maximum absolute atomic E-state index is 6.13. The summed E-state index contributed by atoms with van der Waals surface area (Å²) in [7, 11) is 0. The first-order valence-corrected chi connectivity index (χ1v) is 5.54. The predicted octanol–water partition coefficient (Wildman–Crippen LogP) is 3.02. The van der Waals surface area contributed by atoms with Crippen LogP contribution in [0, 0.1) is 0 Å². The fourth-order valence-corrected chi connectivity index (χ4v) is 2.58. The van der Waals surface area contributed by atoms with E-state index in [4.69, 9.17) is 17.3 Å². The molecule has 0 aliphatic heterocycles. The first-order chi connectivity index (χ1) is 6.74. The van der Waals surface area contributed by atoms with E-state index in [1.54, 1.807) is 0 Å². The van der Waals surface area contributed by atoms with E-state index >= 15 is 0 Å². The average Bonchev–Trinajstić information content (AvgIpc) is 2.46. The summed E-state index contributed by atoms with van der Waals surface area (Å²) in [6.07, 6.45) is 1.92. The molecule has 2 nitrogen and oxygen atoms in total. The molecule has 14 heavy (non-hydrogen) atoms. The van der Waals surface area contributed by atoms with Crippen LogP contribution in [0.1, 0.15) is 0 Å². The Balaban J connectivity index is 2.71. The number of hydrogen-bond acceptors (Lipinski definition) is 1. The highest BCUT2D eigenvalue weighted by atomic mass is 79.9. The maximum Gasteiger partial charge on any atom is 0.0672 e. The van der Waals surface area contributed by atoms with Crippen LogP contribution in [0.15, 0.2) is 28.9 Å². The number of halogens is 2. The van der Waals surface area contributed by atoms with Gasteiger partial charge in [0.25, 0.3) is 0 Å². The monoisotopic (exact) mass is 272 g/mol. The van der Waals surface area contributed by atoms with Crippen LogP contribution in [0.4, 0.5) is 0 Å². The van der Waals surface area contributed by atoms with Crippen LogP contribution in [0.3, 0.4) is 0 Å². The molecule has 2 aromatic rings. The smallest absolute Gasteiger partial charge is 0.0672 e. The van der Waals surface area contributed by atoms with E-state index < -0.39 is 0 Å². The van der Waals surface area contributed by atoms with Gasteiger partial charge in [-0.05, 0) is 12.1 Å². The van der Waals surface area contributed by atoms with Crippen LogP contribution >= 0.6 is 27.5 Å². The molecule has 0 atom stereocenters. The molecule has 2 rings (SSSR count). The van der Waals surface area contributed by atoms with Crippen molar-refractivity contribution in [3.05, 3.63) is 33.9 Å². The second-order valence-electron chi connectivity index (χ2n) is 3.09. The van der Waals surface area contributed by atoms with Gasteiger partial charge in [-0.3, -0.25) is 0 Å². The van der Waals surface area contributed by atoms with E-state index in [0.717, 1.165) is 26.9 Å². The largest absolute Gasteiger partial charge is 0.345 e. The van der Waals surface area contributed by atoms with Gasteiger partial charge < -0.3 is 10.3 Å². The Hall–Kier alpha value is -0.510. The summed E-state index contributed by atoms with van der Waals surface area (Å²) in [6.45, 7) is 1.41. The van der Waals surface area contributed by atoms with Gasteiger partial charge >= 0.3 is 0 Å². The number of nitrogens with two attached hydrogens (primary N) is 1. The molecular weight excluding hydrogens is 263 g/mol. The third-order valence-corrected chi connectivity index (χ3v) is 3.13. The van der Waals surface area contributed by atoms with Gasteiger partial charge in [-0.25, -0.2) is 0 Å². The van der Waals surface area contributed by atoms with Crippen molar-refractivity contribution in [3.8, 4) is 0 Å². The average molecular weight is 274 g/mol. The van der Waals surface area contributed by atoms with Crippen LogP contribution in [0.25, 0.3) is 10.9 Å². The lowest BCUT2D eigenvalue weighted by Gasteiger charge is -2.02. The third-order valence-electron chi connectivity index (χ3n) is 2.18. The Bertz CT molecular complexity index is 464. The molecule has 1 heterocycles. The second-order valence-corrected chi connectivity index (χ2v) is 4.35. The van der Waals surface area contributed by atoms with Gasteiger partial charge in [-0.1, -0.05) is 33.6 Å². The van der Waals surface area contributed by atoms with Gasteiger partial charge in [0.2, 0.25) is 0 Å². The molecule has 1 aromatic heterocycles. The molecule has 74 valence electrons. The highest BCUT2D eigenvalue weighted by Gasteiger charge is 2.08. The lowest BCUT2D eigenvalue weighted by Crippen LogP contribution is -2.08. The van der Waals surface area contributed by atoms with E-state index in [1.807, 2.05) is 24.4 Å². The number of aromatic nitrogens is 1. The molecule has 0 radical (unpaired) electrons. The van der Waals surface area contributed by atoms with E-state index in [2.05, 4.69) is 20.5 Å². The summed E-state index contributed by atoms with van der Waals surface area (Å²) >= 11 is 9.61. The van der Waals surface area contributed by atoms with Crippen LogP contribution in [-0.4, -0.2) is 11.1 Å². The molecule has 0 saturated carbocycles. The first kappa shape index (κ1) is 10.0. The second kappa shape index (κ2) is 3.93. The van der Waals surface area contributed by atoms with E-state index in [9.17, 15) is 0 Å². The van der Waals surface area contributed by atoms with E-state index in [0.29, 0.717) is 6.54 Å². The van der Waals surface area contributed by atoms with Crippen LogP contribution < -0.4 is 5.73 Å². The third kappa shape index (κ3) is 1.56. The van der Waals surface area contributed by atoms with E-state index in [-0.39, 0.29) is 0 Å². The molecule has 1 aromatic carbocycles. The van der Waals surface area contributed by atoms with Crippen LogP contribution in [0.2, 0.25) is 5.02 Å². The van der Waals surface area contributed by atoms with Crippen molar-refractivity contribution < 1.29 is 0 Å². The van der Waals surface area contributed by atoms with Crippen LogP contribution in [-0.2, 0) is 6.54 Å². The lowest BCUT2D eigenvalue weighted by molar-refractivity contribution is 0.735. The number of hydrogen-bond donors (Lipinski definition) is 1.